The summed E-state index contributed by atoms with van der Waals surface area (Å²) in [4.78, 5) is 33.1. The fourth-order valence-electron chi connectivity index (χ4n) is 1.62. The average molecular weight is 263 g/mol. The predicted octanol–water partition coefficient (Wildman–Crippen LogP) is 1.95. The second-order valence-corrected chi connectivity index (χ2v) is 4.12. The molecule has 1 N–H and O–H groups in total. The lowest BCUT2D eigenvalue weighted by Crippen LogP contribution is -2.20. The third-order valence-electron chi connectivity index (χ3n) is 2.46. The van der Waals surface area contributed by atoms with E-state index in [4.69, 9.17) is 0 Å². The zero-order valence-corrected chi connectivity index (χ0v) is 11.1. The van der Waals surface area contributed by atoms with Crippen molar-refractivity contribution in [2.75, 3.05) is 11.9 Å². The maximum absolute atomic E-state index is 11.5. The summed E-state index contributed by atoms with van der Waals surface area (Å²) >= 11 is 0. The van der Waals surface area contributed by atoms with Crippen molar-refractivity contribution in [3.63, 3.8) is 0 Å². The fourth-order valence-corrected chi connectivity index (χ4v) is 1.62. The number of amides is 1. The topological polar surface area (TPSA) is 72.5 Å². The Bertz CT molecular complexity index is 482. The number of hydrogen-bond donors (Lipinski definition) is 1. The Labute approximate surface area is 111 Å². The van der Waals surface area contributed by atoms with E-state index in [0.29, 0.717) is 17.5 Å². The van der Waals surface area contributed by atoms with Crippen molar-refractivity contribution in [1.82, 2.24) is 0 Å². The summed E-state index contributed by atoms with van der Waals surface area (Å²) in [5.74, 6) is -0.995. The number of benzene rings is 1. The van der Waals surface area contributed by atoms with Crippen molar-refractivity contribution >= 4 is 23.9 Å². The van der Waals surface area contributed by atoms with Gasteiger partial charge in [-0.05, 0) is 24.1 Å². The summed E-state index contributed by atoms with van der Waals surface area (Å²) in [6, 6.07) is 5.29. The van der Waals surface area contributed by atoms with Gasteiger partial charge in [0.25, 0.3) is 5.91 Å². The van der Waals surface area contributed by atoms with Crippen molar-refractivity contribution in [1.29, 1.82) is 0 Å². The molecule has 1 amide bonds. The van der Waals surface area contributed by atoms with Crippen LogP contribution in [0.1, 0.15) is 36.2 Å². The Kier molecular flexibility index (Phi) is 5.73. The summed E-state index contributed by atoms with van der Waals surface area (Å²) in [6.45, 7) is 2.92. The van der Waals surface area contributed by atoms with Gasteiger partial charge in [0, 0.05) is 12.5 Å². The van der Waals surface area contributed by atoms with Crippen LogP contribution in [0, 0.1) is 0 Å². The van der Waals surface area contributed by atoms with Crippen LogP contribution >= 0.6 is 0 Å². The van der Waals surface area contributed by atoms with Crippen LogP contribution in [0.4, 0.5) is 5.69 Å². The van der Waals surface area contributed by atoms with E-state index in [1.807, 2.05) is 6.07 Å². The van der Waals surface area contributed by atoms with Crippen molar-refractivity contribution in [3.8, 4) is 0 Å². The van der Waals surface area contributed by atoms with Crippen molar-refractivity contribution < 1.29 is 19.1 Å². The SMILES string of the molecule is CCCc1ccc(NC(=O)COC(C)=O)c(C=O)c1. The summed E-state index contributed by atoms with van der Waals surface area (Å²) in [5, 5.41) is 2.54. The summed E-state index contributed by atoms with van der Waals surface area (Å²) in [7, 11) is 0. The molecule has 0 spiro atoms. The molecule has 0 atom stereocenters. The van der Waals surface area contributed by atoms with Gasteiger partial charge in [-0.3, -0.25) is 14.4 Å². The number of hydrogen-bond acceptors (Lipinski definition) is 4. The van der Waals surface area contributed by atoms with Gasteiger partial charge >= 0.3 is 5.97 Å². The first-order valence-electron chi connectivity index (χ1n) is 6.08. The molecule has 0 saturated carbocycles. The minimum atomic E-state index is -0.524. The molecule has 0 aliphatic carbocycles. The number of rotatable bonds is 6. The van der Waals surface area contributed by atoms with Gasteiger partial charge in [-0.15, -0.1) is 0 Å². The monoisotopic (exact) mass is 263 g/mol. The van der Waals surface area contributed by atoms with E-state index in [9.17, 15) is 14.4 Å². The summed E-state index contributed by atoms with van der Waals surface area (Å²) in [6.07, 6.45) is 2.56. The minimum absolute atomic E-state index is 0.357. The molecule has 0 unspecified atom stereocenters. The van der Waals surface area contributed by atoms with E-state index in [2.05, 4.69) is 17.0 Å². The molecule has 0 bridgehead atoms. The number of carbonyl (C=O) groups is 3. The Morgan fingerprint density at radius 1 is 1.37 bits per heavy atom. The molecule has 102 valence electrons. The van der Waals surface area contributed by atoms with Crippen LogP contribution in [-0.4, -0.2) is 24.8 Å². The minimum Gasteiger partial charge on any atom is -0.456 e. The molecule has 19 heavy (non-hydrogen) atoms. The first-order valence-corrected chi connectivity index (χ1v) is 6.08. The van der Waals surface area contributed by atoms with Crippen LogP contribution in [0.3, 0.4) is 0 Å². The Balaban J connectivity index is 2.74. The van der Waals surface area contributed by atoms with E-state index in [0.717, 1.165) is 18.4 Å². The number of anilines is 1. The molecule has 0 aromatic heterocycles. The maximum atomic E-state index is 11.5. The molecule has 1 rings (SSSR count). The van der Waals surface area contributed by atoms with Gasteiger partial charge in [0.15, 0.2) is 12.9 Å². The molecule has 0 saturated heterocycles. The van der Waals surface area contributed by atoms with Crippen LogP contribution in [0.5, 0.6) is 0 Å². The molecular formula is C14H17NO4. The molecule has 0 radical (unpaired) electrons. The molecule has 0 aliphatic rings. The number of nitrogens with one attached hydrogen (secondary N) is 1. The second kappa shape index (κ2) is 7.31. The van der Waals surface area contributed by atoms with Crippen LogP contribution in [0.15, 0.2) is 18.2 Å². The third kappa shape index (κ3) is 4.91. The van der Waals surface area contributed by atoms with E-state index >= 15 is 0 Å². The third-order valence-corrected chi connectivity index (χ3v) is 2.46. The number of aldehydes is 1. The summed E-state index contributed by atoms with van der Waals surface area (Å²) in [5.41, 5.74) is 1.89. The van der Waals surface area contributed by atoms with Crippen molar-refractivity contribution in [2.24, 2.45) is 0 Å². The number of aryl methyl sites for hydroxylation is 1. The largest absolute Gasteiger partial charge is 0.456 e. The Morgan fingerprint density at radius 2 is 2.11 bits per heavy atom. The highest BCUT2D eigenvalue weighted by molar-refractivity contribution is 5.97. The number of carbonyl (C=O) groups excluding carboxylic acids is 3. The van der Waals surface area contributed by atoms with Gasteiger partial charge < -0.3 is 10.1 Å². The lowest BCUT2D eigenvalue weighted by atomic mass is 10.1. The van der Waals surface area contributed by atoms with Gasteiger partial charge in [-0.25, -0.2) is 0 Å². The van der Waals surface area contributed by atoms with Gasteiger partial charge in [-0.1, -0.05) is 19.4 Å². The van der Waals surface area contributed by atoms with E-state index in [-0.39, 0.29) is 6.61 Å². The Morgan fingerprint density at radius 3 is 2.68 bits per heavy atom. The zero-order valence-electron chi connectivity index (χ0n) is 11.1. The van der Waals surface area contributed by atoms with Gasteiger partial charge in [0.1, 0.15) is 0 Å². The predicted molar refractivity (Wildman–Crippen MR) is 71.1 cm³/mol. The summed E-state index contributed by atoms with van der Waals surface area (Å²) < 4.78 is 4.57. The first-order chi connectivity index (χ1) is 9.06. The van der Waals surface area contributed by atoms with Crippen LogP contribution < -0.4 is 5.32 Å². The fraction of sp³-hybridized carbons (Fsp3) is 0.357. The quantitative estimate of drug-likeness (QED) is 0.629. The highest BCUT2D eigenvalue weighted by Gasteiger charge is 2.08. The number of esters is 1. The number of ether oxygens (including phenoxy) is 1. The van der Waals surface area contributed by atoms with Gasteiger partial charge in [0.2, 0.25) is 0 Å². The van der Waals surface area contributed by atoms with Crippen molar-refractivity contribution in [2.45, 2.75) is 26.7 Å². The van der Waals surface area contributed by atoms with E-state index < -0.39 is 11.9 Å². The molecule has 0 aliphatic heterocycles. The molecule has 5 heteroatoms. The van der Waals surface area contributed by atoms with Crippen molar-refractivity contribution in [3.05, 3.63) is 29.3 Å². The van der Waals surface area contributed by atoms with Crippen LogP contribution in [0.2, 0.25) is 0 Å². The molecule has 1 aromatic rings. The zero-order chi connectivity index (χ0) is 14.3. The highest BCUT2D eigenvalue weighted by Crippen LogP contribution is 2.17. The lowest BCUT2D eigenvalue weighted by Gasteiger charge is -2.09. The van der Waals surface area contributed by atoms with E-state index in [1.165, 1.54) is 6.92 Å². The van der Waals surface area contributed by atoms with Crippen LogP contribution in [0.25, 0.3) is 0 Å². The molecule has 0 fully saturated rings. The molecule has 1 aromatic carbocycles. The second-order valence-electron chi connectivity index (χ2n) is 4.12. The maximum Gasteiger partial charge on any atom is 0.303 e. The average Bonchev–Trinajstić information content (AvgIpc) is 2.38. The Hall–Kier alpha value is -2.17. The normalized spacial score (nSPS) is 9.79. The molecule has 5 nitrogen and oxygen atoms in total. The first kappa shape index (κ1) is 14.9. The van der Waals surface area contributed by atoms with Crippen LogP contribution in [-0.2, 0) is 20.7 Å². The smallest absolute Gasteiger partial charge is 0.303 e. The molecule has 0 heterocycles. The van der Waals surface area contributed by atoms with Gasteiger partial charge in [0.05, 0.1) is 5.69 Å². The van der Waals surface area contributed by atoms with Gasteiger partial charge in [-0.2, -0.15) is 0 Å². The standard InChI is InChI=1S/C14H17NO4/c1-3-4-11-5-6-13(12(7-11)8-16)15-14(18)9-19-10(2)17/h5-8H,3-4,9H2,1-2H3,(H,15,18). The molecular weight excluding hydrogens is 246 g/mol. The highest BCUT2D eigenvalue weighted by atomic mass is 16.5. The van der Waals surface area contributed by atoms with E-state index in [1.54, 1.807) is 12.1 Å². The lowest BCUT2D eigenvalue weighted by molar-refractivity contribution is -0.144.